The Labute approximate surface area is 116 Å². The molecule has 1 fully saturated rings. The van der Waals surface area contributed by atoms with E-state index in [1.54, 1.807) is 11.9 Å². The minimum atomic E-state index is -1.10. The maximum absolute atomic E-state index is 11.9. The molecule has 1 saturated heterocycles. The largest absolute Gasteiger partial charge is 0.477 e. The smallest absolute Gasteiger partial charge is 0.354 e. The van der Waals surface area contributed by atoms with Gasteiger partial charge >= 0.3 is 12.0 Å². The number of nitrogens with zero attached hydrogens (tertiary/aromatic N) is 2. The van der Waals surface area contributed by atoms with Crippen LogP contribution >= 0.6 is 0 Å². The van der Waals surface area contributed by atoms with Crippen LogP contribution in [0.1, 0.15) is 23.3 Å². The molecule has 1 aromatic rings. The lowest BCUT2D eigenvalue weighted by Crippen LogP contribution is -2.37. The van der Waals surface area contributed by atoms with Crippen LogP contribution in [0.4, 0.5) is 10.5 Å². The molecule has 1 aromatic heterocycles. The molecule has 1 aliphatic rings. The highest BCUT2D eigenvalue weighted by Gasteiger charge is 2.20. The van der Waals surface area contributed by atoms with Crippen LogP contribution in [0.25, 0.3) is 0 Å². The molecule has 2 rings (SSSR count). The second-order valence-corrected chi connectivity index (χ2v) is 4.68. The van der Waals surface area contributed by atoms with Crippen molar-refractivity contribution in [3.05, 3.63) is 24.0 Å². The number of aromatic nitrogens is 1. The molecule has 0 bridgehead atoms. The number of hydrogen-bond acceptors (Lipinski definition) is 4. The Morgan fingerprint density at radius 3 is 2.90 bits per heavy atom. The summed E-state index contributed by atoms with van der Waals surface area (Å²) < 4.78 is 5.47. The molecule has 1 aliphatic heterocycles. The molecule has 2 heterocycles. The third-order valence-electron chi connectivity index (χ3n) is 3.08. The zero-order valence-corrected chi connectivity index (χ0v) is 11.2. The van der Waals surface area contributed by atoms with Gasteiger partial charge in [-0.3, -0.25) is 0 Å². The van der Waals surface area contributed by atoms with Crippen molar-refractivity contribution in [1.29, 1.82) is 0 Å². The predicted molar refractivity (Wildman–Crippen MR) is 71.8 cm³/mol. The highest BCUT2D eigenvalue weighted by Crippen LogP contribution is 2.13. The van der Waals surface area contributed by atoms with Crippen molar-refractivity contribution in [1.82, 2.24) is 9.88 Å². The van der Waals surface area contributed by atoms with Crippen molar-refractivity contribution in [2.45, 2.75) is 18.9 Å². The van der Waals surface area contributed by atoms with Crippen LogP contribution in [-0.4, -0.2) is 53.3 Å². The van der Waals surface area contributed by atoms with Gasteiger partial charge in [0.05, 0.1) is 18.0 Å². The van der Waals surface area contributed by atoms with Crippen molar-refractivity contribution >= 4 is 17.7 Å². The number of carbonyl (C=O) groups excluding carboxylic acids is 1. The molecule has 7 heteroatoms. The van der Waals surface area contributed by atoms with Gasteiger partial charge in [-0.25, -0.2) is 14.6 Å². The number of nitrogens with one attached hydrogen (secondary N) is 1. The van der Waals surface area contributed by atoms with Crippen molar-refractivity contribution in [2.24, 2.45) is 0 Å². The Morgan fingerprint density at radius 1 is 1.55 bits per heavy atom. The van der Waals surface area contributed by atoms with E-state index in [2.05, 4.69) is 10.3 Å². The average molecular weight is 279 g/mol. The van der Waals surface area contributed by atoms with E-state index >= 15 is 0 Å². The summed E-state index contributed by atoms with van der Waals surface area (Å²) in [5.41, 5.74) is 0.398. The maximum Gasteiger partial charge on any atom is 0.354 e. The van der Waals surface area contributed by atoms with Crippen LogP contribution in [0.2, 0.25) is 0 Å². The zero-order chi connectivity index (χ0) is 14.5. The molecule has 0 aliphatic carbocycles. The first-order valence-corrected chi connectivity index (χ1v) is 6.39. The maximum atomic E-state index is 11.9. The van der Waals surface area contributed by atoms with E-state index in [4.69, 9.17) is 9.84 Å². The van der Waals surface area contributed by atoms with Gasteiger partial charge in [-0.15, -0.1) is 0 Å². The predicted octanol–water partition coefficient (Wildman–Crippen LogP) is 1.42. The highest BCUT2D eigenvalue weighted by atomic mass is 16.5. The molecule has 0 saturated carbocycles. The number of carboxylic acid groups (broad SMARTS) is 1. The van der Waals surface area contributed by atoms with Gasteiger partial charge in [0.15, 0.2) is 0 Å². The second-order valence-electron chi connectivity index (χ2n) is 4.68. The van der Waals surface area contributed by atoms with Gasteiger partial charge in [0, 0.05) is 20.2 Å². The minimum absolute atomic E-state index is 0.0595. The number of pyridine rings is 1. The molecule has 7 nitrogen and oxygen atoms in total. The fraction of sp³-hybridized carbons (Fsp3) is 0.462. The van der Waals surface area contributed by atoms with E-state index in [0.29, 0.717) is 12.2 Å². The van der Waals surface area contributed by atoms with Crippen LogP contribution in [0.15, 0.2) is 18.3 Å². The van der Waals surface area contributed by atoms with Gasteiger partial charge in [-0.2, -0.15) is 0 Å². The van der Waals surface area contributed by atoms with Crippen molar-refractivity contribution in [3.63, 3.8) is 0 Å². The van der Waals surface area contributed by atoms with E-state index < -0.39 is 5.97 Å². The summed E-state index contributed by atoms with van der Waals surface area (Å²) in [7, 11) is 1.69. The number of likely N-dealkylation sites (N-methyl/N-ethyl adjacent to an activating group) is 1. The average Bonchev–Trinajstić information content (AvgIpc) is 2.92. The number of carbonyl (C=O) groups is 2. The summed E-state index contributed by atoms with van der Waals surface area (Å²) in [4.78, 5) is 27.9. The van der Waals surface area contributed by atoms with E-state index in [-0.39, 0.29) is 17.8 Å². The first-order valence-electron chi connectivity index (χ1n) is 6.39. The lowest BCUT2D eigenvalue weighted by Gasteiger charge is -2.21. The standard InChI is InChI=1S/C13H17N3O4/c1-16(8-10-3-2-6-20-10)13(19)15-9-4-5-11(12(17)18)14-7-9/h4-5,7,10H,2-3,6,8H2,1H3,(H,15,19)(H,17,18). The Kier molecular flexibility index (Phi) is 4.52. The number of hydrogen-bond donors (Lipinski definition) is 2. The summed E-state index contributed by atoms with van der Waals surface area (Å²) in [5.74, 6) is -1.10. The van der Waals surface area contributed by atoms with E-state index in [1.165, 1.54) is 18.3 Å². The van der Waals surface area contributed by atoms with Crippen LogP contribution in [0, 0.1) is 0 Å². The fourth-order valence-electron chi connectivity index (χ4n) is 1.99. The number of amides is 2. The van der Waals surface area contributed by atoms with Gasteiger partial charge in [-0.05, 0) is 25.0 Å². The molecular weight excluding hydrogens is 262 g/mol. The van der Waals surface area contributed by atoms with Crippen LogP contribution in [0.5, 0.6) is 0 Å². The van der Waals surface area contributed by atoms with E-state index in [1.807, 2.05) is 0 Å². The number of ether oxygens (including phenoxy) is 1. The molecule has 1 unspecified atom stereocenters. The molecule has 0 spiro atoms. The number of carboxylic acids is 1. The van der Waals surface area contributed by atoms with Gasteiger partial charge in [0.1, 0.15) is 5.69 Å². The Hall–Kier alpha value is -2.15. The summed E-state index contributed by atoms with van der Waals surface area (Å²) in [6.45, 7) is 1.28. The second kappa shape index (κ2) is 6.33. The van der Waals surface area contributed by atoms with Gasteiger partial charge in [0.2, 0.25) is 0 Å². The quantitative estimate of drug-likeness (QED) is 0.869. The summed E-state index contributed by atoms with van der Waals surface area (Å²) >= 11 is 0. The summed E-state index contributed by atoms with van der Waals surface area (Å²) in [6, 6.07) is 2.58. The molecule has 108 valence electrons. The van der Waals surface area contributed by atoms with Crippen LogP contribution in [-0.2, 0) is 4.74 Å². The Bertz CT molecular complexity index is 483. The normalized spacial score (nSPS) is 17.8. The summed E-state index contributed by atoms with van der Waals surface area (Å²) in [5, 5.41) is 11.4. The zero-order valence-electron chi connectivity index (χ0n) is 11.2. The van der Waals surface area contributed by atoms with Gasteiger partial charge < -0.3 is 20.1 Å². The van der Waals surface area contributed by atoms with E-state index in [0.717, 1.165) is 19.4 Å². The van der Waals surface area contributed by atoms with Crippen molar-refractivity contribution in [3.8, 4) is 0 Å². The lowest BCUT2D eigenvalue weighted by atomic mass is 10.2. The van der Waals surface area contributed by atoms with E-state index in [9.17, 15) is 9.59 Å². The first kappa shape index (κ1) is 14.3. The molecule has 2 N–H and O–H groups in total. The fourth-order valence-corrected chi connectivity index (χ4v) is 1.99. The molecule has 1 atom stereocenters. The first-order chi connectivity index (χ1) is 9.56. The van der Waals surface area contributed by atoms with Crippen LogP contribution in [0.3, 0.4) is 0 Å². The Morgan fingerprint density at radius 2 is 2.35 bits per heavy atom. The molecular formula is C13H17N3O4. The topological polar surface area (TPSA) is 91.8 Å². The van der Waals surface area contributed by atoms with Gasteiger partial charge in [0.25, 0.3) is 0 Å². The lowest BCUT2D eigenvalue weighted by molar-refractivity contribution is 0.0690. The molecule has 0 radical (unpaired) electrons. The van der Waals surface area contributed by atoms with Crippen molar-refractivity contribution < 1.29 is 19.4 Å². The highest BCUT2D eigenvalue weighted by molar-refractivity contribution is 5.90. The number of rotatable bonds is 4. The number of anilines is 1. The molecule has 0 aromatic carbocycles. The minimum Gasteiger partial charge on any atom is -0.477 e. The van der Waals surface area contributed by atoms with Crippen molar-refractivity contribution in [2.75, 3.05) is 25.5 Å². The number of urea groups is 1. The van der Waals surface area contributed by atoms with Crippen LogP contribution < -0.4 is 5.32 Å². The number of aromatic carboxylic acids is 1. The SMILES string of the molecule is CN(CC1CCCO1)C(=O)Nc1ccc(C(=O)O)nc1. The third kappa shape index (κ3) is 3.67. The van der Waals surface area contributed by atoms with Gasteiger partial charge in [-0.1, -0.05) is 0 Å². The monoisotopic (exact) mass is 279 g/mol. The Balaban J connectivity index is 1.87. The summed E-state index contributed by atoms with van der Waals surface area (Å²) in [6.07, 6.45) is 3.41. The third-order valence-corrected chi connectivity index (χ3v) is 3.08. The molecule has 20 heavy (non-hydrogen) atoms. The molecule has 2 amide bonds.